The highest BCUT2D eigenvalue weighted by atomic mass is 32.2. The third kappa shape index (κ3) is 5.03. The van der Waals surface area contributed by atoms with Gasteiger partial charge in [-0.2, -0.15) is 0 Å². The normalized spacial score (nSPS) is 13.7. The standard InChI is InChI=1S/C28H32N2O2S2/c1-6-8-18(2)27(31)26-25(24-9-7-16-33-24)22-17-20(12-15-23(22)29-26)30-34(32)21-13-10-19(11-14-21)28(3,4)5/h7,9-18,29-30H,6,8H2,1-5H3. The third-order valence-corrected chi connectivity index (χ3v) is 8.14. The Hall–Kier alpha value is -2.70. The van der Waals surface area contributed by atoms with Crippen molar-refractivity contribution in [3.05, 3.63) is 71.2 Å². The van der Waals surface area contributed by atoms with E-state index in [1.807, 2.05) is 66.9 Å². The highest BCUT2D eigenvalue weighted by Gasteiger charge is 2.24. The van der Waals surface area contributed by atoms with Crippen LogP contribution in [-0.2, 0) is 16.4 Å². The van der Waals surface area contributed by atoms with Crippen LogP contribution in [0.1, 0.15) is 63.5 Å². The van der Waals surface area contributed by atoms with Crippen LogP contribution in [0.5, 0.6) is 0 Å². The Morgan fingerprint density at radius 2 is 1.85 bits per heavy atom. The average molecular weight is 493 g/mol. The van der Waals surface area contributed by atoms with Crippen LogP contribution in [0.25, 0.3) is 21.3 Å². The molecule has 0 radical (unpaired) electrons. The fourth-order valence-corrected chi connectivity index (χ4v) is 5.80. The van der Waals surface area contributed by atoms with Gasteiger partial charge in [-0.1, -0.05) is 59.2 Å². The molecular weight excluding hydrogens is 460 g/mol. The molecule has 0 aliphatic rings. The lowest BCUT2D eigenvalue weighted by Gasteiger charge is -2.19. The van der Waals surface area contributed by atoms with Gasteiger partial charge in [0, 0.05) is 32.9 Å². The zero-order valence-corrected chi connectivity index (χ0v) is 22.0. The Morgan fingerprint density at radius 1 is 1.12 bits per heavy atom. The maximum Gasteiger partial charge on any atom is 0.182 e. The molecule has 4 rings (SSSR count). The number of anilines is 1. The van der Waals surface area contributed by atoms with Crippen LogP contribution in [0, 0.1) is 5.92 Å². The minimum atomic E-state index is -1.39. The summed E-state index contributed by atoms with van der Waals surface area (Å²) in [6.45, 7) is 10.6. The summed E-state index contributed by atoms with van der Waals surface area (Å²) in [4.78, 5) is 18.4. The first-order valence-corrected chi connectivity index (χ1v) is 13.7. The maximum atomic E-state index is 13.3. The summed E-state index contributed by atoms with van der Waals surface area (Å²) in [5.41, 5.74) is 4.51. The molecule has 34 heavy (non-hydrogen) atoms. The van der Waals surface area contributed by atoms with Crippen LogP contribution < -0.4 is 4.72 Å². The van der Waals surface area contributed by atoms with Crippen LogP contribution in [0.3, 0.4) is 0 Å². The van der Waals surface area contributed by atoms with E-state index in [2.05, 4.69) is 37.4 Å². The van der Waals surface area contributed by atoms with Crippen molar-refractivity contribution in [2.24, 2.45) is 5.92 Å². The lowest BCUT2D eigenvalue weighted by Crippen LogP contribution is -2.12. The number of fused-ring (bicyclic) bond motifs is 1. The second-order valence-electron chi connectivity index (χ2n) is 9.81. The number of carbonyl (C=O) groups excluding carboxylic acids is 1. The Kier molecular flexibility index (Phi) is 7.10. The molecule has 0 spiro atoms. The van der Waals surface area contributed by atoms with Crippen LogP contribution >= 0.6 is 11.3 Å². The van der Waals surface area contributed by atoms with Crippen LogP contribution in [0.4, 0.5) is 5.69 Å². The van der Waals surface area contributed by atoms with Crippen molar-refractivity contribution in [3.8, 4) is 10.4 Å². The van der Waals surface area contributed by atoms with Gasteiger partial charge in [-0.3, -0.25) is 4.79 Å². The molecule has 0 saturated carbocycles. The number of rotatable bonds is 8. The molecule has 6 heteroatoms. The van der Waals surface area contributed by atoms with E-state index in [0.29, 0.717) is 5.69 Å². The van der Waals surface area contributed by atoms with Gasteiger partial charge in [0.2, 0.25) is 0 Å². The van der Waals surface area contributed by atoms with Gasteiger partial charge >= 0.3 is 0 Å². The molecule has 0 bridgehead atoms. The number of hydrogen-bond donors (Lipinski definition) is 2. The molecule has 4 aromatic rings. The van der Waals surface area contributed by atoms with Crippen molar-refractivity contribution < 1.29 is 9.00 Å². The second kappa shape index (κ2) is 9.88. The first-order valence-electron chi connectivity index (χ1n) is 11.7. The number of benzene rings is 2. The number of Topliss-reactive ketones (excluding diaryl/α,β-unsaturated/α-hetero) is 1. The maximum absolute atomic E-state index is 13.3. The van der Waals surface area contributed by atoms with Crippen molar-refractivity contribution in [1.29, 1.82) is 0 Å². The first kappa shape index (κ1) is 24.4. The summed E-state index contributed by atoms with van der Waals surface area (Å²) in [6, 6.07) is 17.8. The van der Waals surface area contributed by atoms with Gasteiger partial charge in [-0.15, -0.1) is 11.3 Å². The van der Waals surface area contributed by atoms with Crippen molar-refractivity contribution in [3.63, 3.8) is 0 Å². The predicted octanol–water partition coefficient (Wildman–Crippen LogP) is 7.95. The van der Waals surface area contributed by atoms with E-state index >= 15 is 0 Å². The fraction of sp³-hybridized carbons (Fsp3) is 0.321. The summed E-state index contributed by atoms with van der Waals surface area (Å²) in [7, 11) is -1.39. The van der Waals surface area contributed by atoms with Gasteiger partial charge in [0.15, 0.2) is 5.78 Å². The second-order valence-corrected chi connectivity index (χ2v) is 12.0. The summed E-state index contributed by atoms with van der Waals surface area (Å²) >= 11 is 1.62. The quantitative estimate of drug-likeness (QED) is 0.245. The smallest absolute Gasteiger partial charge is 0.182 e. The molecule has 2 N–H and O–H groups in total. The van der Waals surface area contributed by atoms with Crippen molar-refractivity contribution in [1.82, 2.24) is 4.98 Å². The SMILES string of the molecule is CCCC(C)C(=O)c1[nH]c2ccc(NS(=O)c3ccc(C(C)(C)C)cc3)cc2c1-c1cccs1. The Bertz CT molecular complexity index is 1310. The first-order chi connectivity index (χ1) is 16.2. The summed E-state index contributed by atoms with van der Waals surface area (Å²) in [5, 5.41) is 2.98. The molecule has 0 fully saturated rings. The molecule has 2 unspecified atom stereocenters. The third-order valence-electron chi connectivity index (χ3n) is 6.13. The summed E-state index contributed by atoms with van der Waals surface area (Å²) in [6.07, 6.45) is 1.83. The van der Waals surface area contributed by atoms with Crippen LogP contribution in [0.2, 0.25) is 0 Å². The number of thiophene rings is 1. The molecule has 0 aliphatic heterocycles. The number of ketones is 1. The predicted molar refractivity (Wildman–Crippen MR) is 145 cm³/mol. The minimum absolute atomic E-state index is 0.0436. The van der Waals surface area contributed by atoms with Crippen LogP contribution in [-0.4, -0.2) is 15.0 Å². The Morgan fingerprint density at radius 3 is 2.47 bits per heavy atom. The van der Waals surface area contributed by atoms with Gasteiger partial charge in [0.1, 0.15) is 11.0 Å². The molecule has 0 amide bonds. The molecular formula is C28H32N2O2S2. The van der Waals surface area contributed by atoms with Gasteiger partial charge < -0.3 is 9.71 Å². The van der Waals surface area contributed by atoms with Gasteiger partial charge in [0.25, 0.3) is 0 Å². The zero-order valence-electron chi connectivity index (χ0n) is 20.4. The van der Waals surface area contributed by atoms with Crippen LogP contribution in [0.15, 0.2) is 64.9 Å². The number of hydrogen-bond acceptors (Lipinski definition) is 3. The van der Waals surface area contributed by atoms with Crippen molar-refractivity contribution >= 4 is 44.7 Å². The number of nitrogens with one attached hydrogen (secondary N) is 2. The van der Waals surface area contributed by atoms with E-state index in [1.165, 1.54) is 5.56 Å². The molecule has 2 aromatic carbocycles. The minimum Gasteiger partial charge on any atom is -0.352 e. The van der Waals surface area contributed by atoms with E-state index < -0.39 is 11.0 Å². The average Bonchev–Trinajstić information content (AvgIpc) is 3.45. The molecule has 2 heterocycles. The van der Waals surface area contributed by atoms with E-state index in [9.17, 15) is 9.00 Å². The lowest BCUT2D eigenvalue weighted by atomic mass is 9.87. The van der Waals surface area contributed by atoms with Crippen molar-refractivity contribution in [2.45, 2.75) is 57.8 Å². The molecule has 4 nitrogen and oxygen atoms in total. The molecule has 178 valence electrons. The van der Waals surface area contributed by atoms with E-state index in [-0.39, 0.29) is 17.1 Å². The fourth-order valence-electron chi connectivity index (χ4n) is 4.17. The highest BCUT2D eigenvalue weighted by Crippen LogP contribution is 2.38. The lowest BCUT2D eigenvalue weighted by molar-refractivity contribution is 0.0920. The van der Waals surface area contributed by atoms with Gasteiger partial charge in [-0.25, -0.2) is 4.21 Å². The highest BCUT2D eigenvalue weighted by molar-refractivity contribution is 7.86. The summed E-state index contributed by atoms with van der Waals surface area (Å²) in [5.74, 6) is 0.0939. The molecule has 2 atom stereocenters. The molecule has 0 aliphatic carbocycles. The van der Waals surface area contributed by atoms with Crippen molar-refractivity contribution in [2.75, 3.05) is 4.72 Å². The Balaban J connectivity index is 1.69. The van der Waals surface area contributed by atoms with Gasteiger partial charge in [0.05, 0.1) is 10.6 Å². The number of carbonyl (C=O) groups is 1. The topological polar surface area (TPSA) is 62.0 Å². The number of H-pyrrole nitrogens is 1. The summed E-state index contributed by atoms with van der Waals surface area (Å²) < 4.78 is 16.2. The molecule has 2 aromatic heterocycles. The largest absolute Gasteiger partial charge is 0.352 e. The van der Waals surface area contributed by atoms with E-state index in [0.717, 1.165) is 44.8 Å². The zero-order chi connectivity index (χ0) is 24.5. The van der Waals surface area contributed by atoms with E-state index in [4.69, 9.17) is 0 Å². The molecule has 0 saturated heterocycles. The van der Waals surface area contributed by atoms with Gasteiger partial charge in [-0.05, 0) is 59.2 Å². The van der Waals surface area contributed by atoms with E-state index in [1.54, 1.807) is 11.3 Å². The monoisotopic (exact) mass is 492 g/mol. The number of aromatic nitrogens is 1. The number of aromatic amines is 1. The Labute approximate surface area is 208 Å².